The van der Waals surface area contributed by atoms with Gasteiger partial charge in [-0.15, -0.1) is 11.3 Å². The predicted octanol–water partition coefficient (Wildman–Crippen LogP) is 3.26. The predicted molar refractivity (Wildman–Crippen MR) is 94.9 cm³/mol. The molecule has 3 rings (SSSR count). The van der Waals surface area contributed by atoms with E-state index < -0.39 is 5.92 Å². The first-order chi connectivity index (χ1) is 12.3. The number of nitrogens with zero attached hydrogens (tertiary/aromatic N) is 2. The maximum absolute atomic E-state index is 13.0. The molecule has 1 aliphatic carbocycles. The van der Waals surface area contributed by atoms with Gasteiger partial charge in [0.15, 0.2) is 0 Å². The fourth-order valence-electron chi connectivity index (χ4n) is 3.81. The highest BCUT2D eigenvalue weighted by molar-refractivity contribution is 7.12. The number of alkyl halides is 2. The summed E-state index contributed by atoms with van der Waals surface area (Å²) in [6.45, 7) is 3.50. The van der Waals surface area contributed by atoms with Crippen LogP contribution in [-0.4, -0.2) is 60.3 Å². The summed E-state index contributed by atoms with van der Waals surface area (Å²) in [6, 6.07) is 1.68. The Bertz CT molecular complexity index is 671. The SMILES string of the molecule is CCN(C(=O)CC1CC(F)(F)C1)C1CCN(C(=O)c2cc(OC)cs2)C1. The van der Waals surface area contributed by atoms with Crippen molar-refractivity contribution >= 4 is 23.2 Å². The second-order valence-electron chi connectivity index (χ2n) is 7.06. The molecule has 1 saturated carbocycles. The van der Waals surface area contributed by atoms with Crippen LogP contribution in [0, 0.1) is 5.92 Å². The number of halogens is 2. The molecule has 1 aromatic heterocycles. The van der Waals surface area contributed by atoms with Crippen LogP contribution >= 0.6 is 11.3 Å². The minimum Gasteiger partial charge on any atom is -0.496 e. The van der Waals surface area contributed by atoms with Crippen molar-refractivity contribution in [1.82, 2.24) is 9.80 Å². The Kier molecular flexibility index (Phi) is 5.50. The first-order valence-electron chi connectivity index (χ1n) is 8.92. The molecule has 2 amide bonds. The van der Waals surface area contributed by atoms with Crippen molar-refractivity contribution in [2.45, 2.75) is 44.6 Å². The van der Waals surface area contributed by atoms with Crippen molar-refractivity contribution in [3.8, 4) is 5.75 Å². The molecule has 2 fully saturated rings. The van der Waals surface area contributed by atoms with Crippen LogP contribution in [0.2, 0.25) is 0 Å². The minimum atomic E-state index is -2.60. The second kappa shape index (κ2) is 7.50. The molecule has 0 radical (unpaired) electrons. The summed E-state index contributed by atoms with van der Waals surface area (Å²) >= 11 is 1.34. The van der Waals surface area contributed by atoms with Gasteiger partial charge in [0.25, 0.3) is 5.91 Å². The normalized spacial score (nSPS) is 22.2. The fourth-order valence-corrected chi connectivity index (χ4v) is 4.63. The lowest BCUT2D eigenvalue weighted by molar-refractivity contribution is -0.143. The summed E-state index contributed by atoms with van der Waals surface area (Å²) < 4.78 is 31.1. The van der Waals surface area contributed by atoms with E-state index >= 15 is 0 Å². The van der Waals surface area contributed by atoms with Gasteiger partial charge in [-0.1, -0.05) is 0 Å². The van der Waals surface area contributed by atoms with E-state index in [1.165, 1.54) is 11.3 Å². The topological polar surface area (TPSA) is 49.9 Å². The highest BCUT2D eigenvalue weighted by atomic mass is 32.1. The van der Waals surface area contributed by atoms with E-state index in [9.17, 15) is 18.4 Å². The largest absolute Gasteiger partial charge is 0.496 e. The number of carbonyl (C=O) groups excluding carboxylic acids is 2. The van der Waals surface area contributed by atoms with E-state index in [2.05, 4.69) is 0 Å². The molecule has 1 unspecified atom stereocenters. The van der Waals surface area contributed by atoms with Gasteiger partial charge < -0.3 is 14.5 Å². The molecule has 0 spiro atoms. The molecule has 5 nitrogen and oxygen atoms in total. The Hall–Kier alpha value is -1.70. The molecule has 0 aromatic carbocycles. The van der Waals surface area contributed by atoms with E-state index in [0.29, 0.717) is 36.7 Å². The molecule has 0 bridgehead atoms. The van der Waals surface area contributed by atoms with E-state index in [-0.39, 0.29) is 43.0 Å². The number of hydrogen-bond acceptors (Lipinski definition) is 4. The Balaban J connectivity index is 1.55. The summed E-state index contributed by atoms with van der Waals surface area (Å²) in [7, 11) is 1.56. The van der Waals surface area contributed by atoms with Crippen molar-refractivity contribution < 1.29 is 23.1 Å². The minimum absolute atomic E-state index is 0.0427. The zero-order valence-electron chi connectivity index (χ0n) is 15.0. The van der Waals surface area contributed by atoms with Crippen LogP contribution < -0.4 is 4.74 Å². The lowest BCUT2D eigenvalue weighted by atomic mass is 9.79. The van der Waals surface area contributed by atoms with E-state index in [1.807, 2.05) is 6.92 Å². The first-order valence-corrected chi connectivity index (χ1v) is 9.80. The first kappa shape index (κ1) is 19.1. The fraction of sp³-hybridized carbons (Fsp3) is 0.667. The number of likely N-dealkylation sites (N-methyl/N-ethyl adjacent to an activating group) is 1. The van der Waals surface area contributed by atoms with Gasteiger partial charge in [-0.05, 0) is 19.3 Å². The molecule has 2 aliphatic rings. The molecule has 8 heteroatoms. The number of thiophene rings is 1. The summed E-state index contributed by atoms with van der Waals surface area (Å²) in [5.74, 6) is -2.28. The molecular formula is C18H24F2N2O3S. The zero-order valence-corrected chi connectivity index (χ0v) is 15.9. The van der Waals surface area contributed by atoms with Crippen molar-refractivity contribution in [2.75, 3.05) is 26.7 Å². The Morgan fingerprint density at radius 1 is 1.42 bits per heavy atom. The van der Waals surface area contributed by atoms with Gasteiger partial charge in [-0.25, -0.2) is 8.78 Å². The van der Waals surface area contributed by atoms with Gasteiger partial charge in [-0.3, -0.25) is 9.59 Å². The Morgan fingerprint density at radius 2 is 2.15 bits per heavy atom. The lowest BCUT2D eigenvalue weighted by Gasteiger charge is -2.36. The van der Waals surface area contributed by atoms with E-state index in [0.717, 1.165) is 0 Å². The number of hydrogen-bond donors (Lipinski definition) is 0. The van der Waals surface area contributed by atoms with Gasteiger partial charge in [0.1, 0.15) is 5.75 Å². The van der Waals surface area contributed by atoms with Gasteiger partial charge in [0.05, 0.1) is 18.0 Å². The lowest BCUT2D eigenvalue weighted by Crippen LogP contribution is -2.45. The van der Waals surface area contributed by atoms with Crippen LogP contribution in [-0.2, 0) is 4.79 Å². The summed E-state index contributed by atoms with van der Waals surface area (Å²) in [4.78, 5) is 29.2. The third-order valence-electron chi connectivity index (χ3n) is 5.21. The van der Waals surface area contributed by atoms with Crippen molar-refractivity contribution in [2.24, 2.45) is 5.92 Å². The molecule has 1 atom stereocenters. The average molecular weight is 386 g/mol. The maximum atomic E-state index is 13.0. The van der Waals surface area contributed by atoms with Crippen LogP contribution in [0.5, 0.6) is 5.75 Å². The van der Waals surface area contributed by atoms with Crippen LogP contribution in [0.4, 0.5) is 8.78 Å². The van der Waals surface area contributed by atoms with Crippen molar-refractivity contribution in [3.05, 3.63) is 16.3 Å². The third-order valence-corrected chi connectivity index (χ3v) is 6.11. The molecule has 0 N–H and O–H groups in total. The Morgan fingerprint density at radius 3 is 2.73 bits per heavy atom. The molecular weight excluding hydrogens is 362 g/mol. The number of likely N-dealkylation sites (tertiary alicyclic amines) is 1. The van der Waals surface area contributed by atoms with Crippen LogP contribution in [0.3, 0.4) is 0 Å². The average Bonchev–Trinajstić information content (AvgIpc) is 3.22. The Labute approximate surface area is 155 Å². The molecule has 144 valence electrons. The molecule has 1 aromatic rings. The van der Waals surface area contributed by atoms with E-state index in [1.54, 1.807) is 28.4 Å². The number of rotatable bonds is 6. The van der Waals surface area contributed by atoms with Crippen LogP contribution in [0.1, 0.15) is 42.3 Å². The summed E-state index contributed by atoms with van der Waals surface area (Å²) in [6.07, 6.45) is 0.516. The van der Waals surface area contributed by atoms with Gasteiger partial charge >= 0.3 is 0 Å². The highest BCUT2D eigenvalue weighted by Gasteiger charge is 2.46. The number of amides is 2. The zero-order chi connectivity index (χ0) is 18.9. The van der Waals surface area contributed by atoms with E-state index in [4.69, 9.17) is 4.74 Å². The number of methoxy groups -OCH3 is 1. The number of carbonyl (C=O) groups is 2. The van der Waals surface area contributed by atoms with Crippen LogP contribution in [0.15, 0.2) is 11.4 Å². The molecule has 26 heavy (non-hydrogen) atoms. The monoisotopic (exact) mass is 386 g/mol. The molecule has 1 aliphatic heterocycles. The molecule has 2 heterocycles. The standard InChI is InChI=1S/C18H24F2N2O3S/c1-3-22(16(23)6-12-8-18(19,20)9-12)13-4-5-21(10-13)17(24)15-7-14(25-2)11-26-15/h7,11-13H,3-6,8-10H2,1-2H3. The number of ether oxygens (including phenoxy) is 1. The highest BCUT2D eigenvalue weighted by Crippen LogP contribution is 2.44. The van der Waals surface area contributed by atoms with Gasteiger partial charge in [0.2, 0.25) is 11.8 Å². The second-order valence-corrected chi connectivity index (χ2v) is 7.97. The molecule has 1 saturated heterocycles. The summed E-state index contributed by atoms with van der Waals surface area (Å²) in [5, 5.41) is 1.79. The summed E-state index contributed by atoms with van der Waals surface area (Å²) in [5.41, 5.74) is 0. The van der Waals surface area contributed by atoms with Gasteiger partial charge in [0, 0.05) is 50.3 Å². The quantitative estimate of drug-likeness (QED) is 0.754. The van der Waals surface area contributed by atoms with Crippen LogP contribution in [0.25, 0.3) is 0 Å². The third kappa shape index (κ3) is 4.00. The smallest absolute Gasteiger partial charge is 0.264 e. The van der Waals surface area contributed by atoms with Crippen molar-refractivity contribution in [1.29, 1.82) is 0 Å². The van der Waals surface area contributed by atoms with Crippen molar-refractivity contribution in [3.63, 3.8) is 0 Å². The van der Waals surface area contributed by atoms with Gasteiger partial charge in [-0.2, -0.15) is 0 Å². The maximum Gasteiger partial charge on any atom is 0.264 e.